The normalized spacial score (nSPS) is 56.7. The van der Waals surface area contributed by atoms with Gasteiger partial charge in [0.15, 0.2) is 0 Å². The third-order valence-electron chi connectivity index (χ3n) is 4.87. The van der Waals surface area contributed by atoms with E-state index in [9.17, 15) is 10.4 Å². The summed E-state index contributed by atoms with van der Waals surface area (Å²) in [5, 5.41) is 19.0. The maximum absolute atomic E-state index is 9.62. The second-order valence-electron chi connectivity index (χ2n) is 6.56. The van der Waals surface area contributed by atoms with E-state index in [0.717, 1.165) is 32.1 Å². The molecule has 15 heavy (non-hydrogen) atoms. The molecule has 4 aliphatic rings. The third kappa shape index (κ3) is 1.19. The smallest absolute Gasteiger partial charge is 0.0690 e. The molecule has 1 N–H and O–H groups in total. The lowest BCUT2D eigenvalue weighted by Crippen LogP contribution is -2.56. The topological polar surface area (TPSA) is 44.0 Å². The zero-order chi connectivity index (χ0) is 10.7. The van der Waals surface area contributed by atoms with Crippen molar-refractivity contribution in [3.8, 4) is 6.07 Å². The van der Waals surface area contributed by atoms with Gasteiger partial charge in [-0.2, -0.15) is 5.26 Å². The Balaban J connectivity index is 2.04. The Labute approximate surface area is 91.3 Å². The predicted octanol–water partition coefficient (Wildman–Crippen LogP) is 2.29. The van der Waals surface area contributed by atoms with E-state index >= 15 is 0 Å². The minimum Gasteiger partial charge on any atom is -0.396 e. The second kappa shape index (κ2) is 2.58. The lowest BCUT2D eigenvalue weighted by Gasteiger charge is -2.63. The van der Waals surface area contributed by atoms with Crippen LogP contribution in [0.4, 0.5) is 0 Å². The summed E-state index contributed by atoms with van der Waals surface area (Å²) < 4.78 is 0. The summed E-state index contributed by atoms with van der Waals surface area (Å²) in [6.07, 6.45) is 6.29. The van der Waals surface area contributed by atoms with Gasteiger partial charge < -0.3 is 5.11 Å². The molecular weight excluding hydrogens is 186 g/mol. The Morgan fingerprint density at radius 2 is 2.07 bits per heavy atom. The van der Waals surface area contributed by atoms with E-state index in [1.165, 1.54) is 6.42 Å². The first-order valence-corrected chi connectivity index (χ1v) is 5.90. The van der Waals surface area contributed by atoms with Gasteiger partial charge in [-0.1, -0.05) is 0 Å². The molecule has 2 nitrogen and oxygen atoms in total. The van der Waals surface area contributed by atoms with Gasteiger partial charge in [0.2, 0.25) is 0 Å². The van der Waals surface area contributed by atoms with Crippen molar-refractivity contribution >= 4 is 0 Å². The number of nitriles is 1. The zero-order valence-corrected chi connectivity index (χ0v) is 9.13. The van der Waals surface area contributed by atoms with Crippen LogP contribution in [-0.2, 0) is 0 Å². The molecule has 0 aromatic carbocycles. The number of rotatable bonds is 1. The van der Waals surface area contributed by atoms with Crippen molar-refractivity contribution < 1.29 is 5.11 Å². The van der Waals surface area contributed by atoms with E-state index < -0.39 is 0 Å². The second-order valence-corrected chi connectivity index (χ2v) is 6.56. The Kier molecular flexibility index (Phi) is 1.66. The van der Waals surface area contributed by atoms with E-state index in [0.29, 0.717) is 5.92 Å². The number of aliphatic hydroxyl groups is 1. The predicted molar refractivity (Wildman–Crippen MR) is 56.5 cm³/mol. The molecule has 0 aromatic heterocycles. The van der Waals surface area contributed by atoms with E-state index in [1.807, 2.05) is 0 Å². The van der Waals surface area contributed by atoms with E-state index in [4.69, 9.17) is 0 Å². The van der Waals surface area contributed by atoms with Gasteiger partial charge in [0, 0.05) is 6.61 Å². The largest absolute Gasteiger partial charge is 0.396 e. The highest BCUT2D eigenvalue weighted by Crippen LogP contribution is 2.69. The fraction of sp³-hybridized carbons (Fsp3) is 0.846. The SMILES string of the molecule is [CH2]C12CC3CC(C#N)(C1)CC(CO)(C3)C2. The van der Waals surface area contributed by atoms with Crippen molar-refractivity contribution in [1.29, 1.82) is 5.26 Å². The van der Waals surface area contributed by atoms with Gasteiger partial charge >= 0.3 is 0 Å². The first-order chi connectivity index (χ1) is 7.03. The quantitative estimate of drug-likeness (QED) is 0.712. The maximum Gasteiger partial charge on any atom is 0.0690 e. The molecule has 0 amide bonds. The minimum absolute atomic E-state index is 0.0386. The van der Waals surface area contributed by atoms with Gasteiger partial charge in [0.05, 0.1) is 11.5 Å². The highest BCUT2D eigenvalue weighted by molar-refractivity contribution is 5.19. The zero-order valence-electron chi connectivity index (χ0n) is 9.13. The molecule has 4 bridgehead atoms. The Morgan fingerprint density at radius 1 is 1.27 bits per heavy atom. The standard InChI is InChI=1S/C13H18NO/c1-11-2-10-3-12(5-11,8-14)7-13(4-10,6-11)9-15/h10,15H,1-7,9H2. The van der Waals surface area contributed by atoms with E-state index in [1.54, 1.807) is 0 Å². The number of hydrogen-bond acceptors (Lipinski definition) is 2. The molecule has 0 aliphatic heterocycles. The first kappa shape index (κ1) is 9.66. The minimum atomic E-state index is -0.149. The molecule has 4 atom stereocenters. The fourth-order valence-corrected chi connectivity index (χ4v) is 5.15. The van der Waals surface area contributed by atoms with Crippen molar-refractivity contribution in [2.24, 2.45) is 22.2 Å². The summed E-state index contributed by atoms with van der Waals surface area (Å²) in [6, 6.07) is 2.54. The summed E-state index contributed by atoms with van der Waals surface area (Å²) >= 11 is 0. The summed E-state index contributed by atoms with van der Waals surface area (Å²) in [5.41, 5.74) is -0.0152. The molecule has 4 rings (SSSR count). The average molecular weight is 204 g/mol. The van der Waals surface area contributed by atoms with Crippen molar-refractivity contribution in [3.05, 3.63) is 6.92 Å². The van der Waals surface area contributed by atoms with Gasteiger partial charge in [-0.15, -0.1) is 0 Å². The van der Waals surface area contributed by atoms with Crippen molar-refractivity contribution in [3.63, 3.8) is 0 Å². The van der Waals surface area contributed by atoms with Crippen LogP contribution in [0.2, 0.25) is 0 Å². The van der Waals surface area contributed by atoms with Crippen molar-refractivity contribution in [2.75, 3.05) is 6.61 Å². The molecule has 4 fully saturated rings. The Morgan fingerprint density at radius 3 is 2.67 bits per heavy atom. The maximum atomic E-state index is 9.62. The Bertz CT molecular complexity index is 347. The van der Waals surface area contributed by atoms with Crippen LogP contribution in [0.25, 0.3) is 0 Å². The lowest BCUT2D eigenvalue weighted by atomic mass is 9.40. The van der Waals surface area contributed by atoms with E-state index in [2.05, 4.69) is 13.0 Å². The first-order valence-electron chi connectivity index (χ1n) is 5.90. The molecule has 0 saturated heterocycles. The summed E-state index contributed by atoms with van der Waals surface area (Å²) in [7, 11) is 0. The van der Waals surface area contributed by atoms with Crippen LogP contribution in [-0.4, -0.2) is 11.7 Å². The molecular formula is C13H18NO. The molecule has 0 spiro atoms. The Hall–Kier alpha value is -0.550. The van der Waals surface area contributed by atoms with Crippen LogP contribution >= 0.6 is 0 Å². The molecule has 81 valence electrons. The highest BCUT2D eigenvalue weighted by Gasteiger charge is 2.61. The molecule has 2 heteroatoms. The van der Waals surface area contributed by atoms with Crippen LogP contribution < -0.4 is 0 Å². The number of hydrogen-bond donors (Lipinski definition) is 1. The third-order valence-corrected chi connectivity index (χ3v) is 4.87. The summed E-state index contributed by atoms with van der Waals surface area (Å²) in [5.74, 6) is 0.644. The van der Waals surface area contributed by atoms with Gasteiger partial charge in [0.1, 0.15) is 0 Å². The lowest BCUT2D eigenvalue weighted by molar-refractivity contribution is -0.136. The summed E-state index contributed by atoms with van der Waals surface area (Å²) in [4.78, 5) is 0. The molecule has 0 aromatic rings. The number of aliphatic hydroxyl groups excluding tert-OH is 1. The van der Waals surface area contributed by atoms with Crippen LogP contribution in [0.15, 0.2) is 0 Å². The van der Waals surface area contributed by atoms with Crippen molar-refractivity contribution in [2.45, 2.75) is 38.5 Å². The van der Waals surface area contributed by atoms with Gasteiger partial charge in [-0.25, -0.2) is 0 Å². The van der Waals surface area contributed by atoms with Crippen LogP contribution in [0.1, 0.15) is 38.5 Å². The molecule has 0 heterocycles. The monoisotopic (exact) mass is 204 g/mol. The van der Waals surface area contributed by atoms with Gasteiger partial charge in [-0.3, -0.25) is 0 Å². The van der Waals surface area contributed by atoms with Gasteiger partial charge in [0.25, 0.3) is 0 Å². The fourth-order valence-electron chi connectivity index (χ4n) is 5.15. The highest BCUT2D eigenvalue weighted by atomic mass is 16.3. The van der Waals surface area contributed by atoms with Crippen LogP contribution in [0.5, 0.6) is 0 Å². The average Bonchev–Trinajstić information content (AvgIpc) is 2.14. The molecule has 4 saturated carbocycles. The molecule has 1 radical (unpaired) electrons. The molecule has 4 unspecified atom stereocenters. The van der Waals surface area contributed by atoms with Gasteiger partial charge in [-0.05, 0) is 62.2 Å². The van der Waals surface area contributed by atoms with Crippen molar-refractivity contribution in [1.82, 2.24) is 0 Å². The number of nitrogens with zero attached hydrogens (tertiary/aromatic N) is 1. The van der Waals surface area contributed by atoms with Crippen LogP contribution in [0, 0.1) is 40.4 Å². The molecule has 4 aliphatic carbocycles. The summed E-state index contributed by atoms with van der Waals surface area (Å²) in [6.45, 7) is 4.61. The van der Waals surface area contributed by atoms with E-state index in [-0.39, 0.29) is 22.9 Å². The van der Waals surface area contributed by atoms with Crippen LogP contribution in [0.3, 0.4) is 0 Å².